The maximum absolute atomic E-state index is 11.9. The Morgan fingerprint density at radius 1 is 1.31 bits per heavy atom. The lowest BCUT2D eigenvalue weighted by molar-refractivity contribution is -0.152. The summed E-state index contributed by atoms with van der Waals surface area (Å²) in [5.74, 6) is -2.28. The van der Waals surface area contributed by atoms with E-state index in [2.05, 4.69) is 18.7 Å². The molecule has 5 heteroatoms. The molecule has 5 nitrogen and oxygen atoms in total. The number of rotatable bonds is 2. The fourth-order valence-electron chi connectivity index (χ4n) is 1.81. The van der Waals surface area contributed by atoms with Gasteiger partial charge >= 0.3 is 5.97 Å². The van der Waals surface area contributed by atoms with E-state index in [9.17, 15) is 9.59 Å². The molecule has 0 aliphatic carbocycles. The molecular weight excluding hydrogens is 208 g/mol. The van der Waals surface area contributed by atoms with Crippen LogP contribution in [-0.2, 0) is 9.59 Å². The second-order valence-corrected chi connectivity index (χ2v) is 5.05. The van der Waals surface area contributed by atoms with Gasteiger partial charge in [-0.3, -0.25) is 14.5 Å². The second-order valence-electron chi connectivity index (χ2n) is 5.05. The first kappa shape index (κ1) is 13.0. The molecule has 0 aromatic heterocycles. The molecule has 0 aromatic rings. The summed E-state index contributed by atoms with van der Waals surface area (Å²) in [5, 5.41) is 8.81. The zero-order chi connectivity index (χ0) is 12.5. The van der Waals surface area contributed by atoms with Crippen LogP contribution in [0.3, 0.4) is 0 Å². The van der Waals surface area contributed by atoms with Crippen LogP contribution in [0.25, 0.3) is 0 Å². The number of piperazine rings is 1. The van der Waals surface area contributed by atoms with E-state index in [1.54, 1.807) is 4.90 Å². The van der Waals surface area contributed by atoms with Gasteiger partial charge in [0.1, 0.15) is 5.92 Å². The summed E-state index contributed by atoms with van der Waals surface area (Å²) < 4.78 is 0. The highest BCUT2D eigenvalue weighted by molar-refractivity contribution is 5.96. The van der Waals surface area contributed by atoms with Gasteiger partial charge in [0.05, 0.1) is 0 Å². The first-order valence-electron chi connectivity index (χ1n) is 5.48. The Balaban J connectivity index is 2.70. The first-order chi connectivity index (χ1) is 7.25. The van der Waals surface area contributed by atoms with Gasteiger partial charge in [-0.15, -0.1) is 0 Å². The van der Waals surface area contributed by atoms with Crippen molar-refractivity contribution in [2.75, 3.05) is 26.7 Å². The van der Waals surface area contributed by atoms with Crippen molar-refractivity contribution in [3.8, 4) is 0 Å². The van der Waals surface area contributed by atoms with E-state index in [0.717, 1.165) is 6.54 Å². The number of carboxylic acids is 1. The number of carboxylic acid groups (broad SMARTS) is 1. The van der Waals surface area contributed by atoms with E-state index >= 15 is 0 Å². The summed E-state index contributed by atoms with van der Waals surface area (Å²) in [4.78, 5) is 26.4. The molecule has 0 radical (unpaired) electrons. The van der Waals surface area contributed by atoms with Gasteiger partial charge < -0.3 is 10.0 Å². The van der Waals surface area contributed by atoms with Gasteiger partial charge in [-0.05, 0) is 27.8 Å². The highest BCUT2D eigenvalue weighted by atomic mass is 16.4. The topological polar surface area (TPSA) is 60.9 Å². The van der Waals surface area contributed by atoms with E-state index in [4.69, 9.17) is 5.11 Å². The Kier molecular flexibility index (Phi) is 3.57. The number of carbonyl (C=O) groups is 2. The maximum atomic E-state index is 11.9. The molecule has 0 saturated carbocycles. The number of hydrogen-bond acceptors (Lipinski definition) is 3. The number of aliphatic carboxylic acids is 1. The van der Waals surface area contributed by atoms with E-state index in [0.29, 0.717) is 13.1 Å². The van der Waals surface area contributed by atoms with E-state index in [1.807, 2.05) is 7.05 Å². The van der Waals surface area contributed by atoms with Crippen LogP contribution in [0.5, 0.6) is 0 Å². The Bertz CT molecular complexity index is 302. The molecule has 1 rings (SSSR count). The Labute approximate surface area is 96.0 Å². The van der Waals surface area contributed by atoms with Crippen LogP contribution in [0.4, 0.5) is 0 Å². The number of amides is 1. The Hall–Kier alpha value is -1.10. The van der Waals surface area contributed by atoms with Gasteiger partial charge in [0.25, 0.3) is 0 Å². The molecule has 0 bridgehead atoms. The van der Waals surface area contributed by atoms with Gasteiger partial charge in [0.2, 0.25) is 5.91 Å². The summed E-state index contributed by atoms with van der Waals surface area (Å²) in [5.41, 5.74) is -0.0911. The first-order valence-corrected chi connectivity index (χ1v) is 5.48. The van der Waals surface area contributed by atoms with Crippen LogP contribution in [0.1, 0.15) is 20.8 Å². The predicted molar refractivity (Wildman–Crippen MR) is 60.1 cm³/mol. The molecule has 1 aliphatic heterocycles. The second kappa shape index (κ2) is 4.41. The van der Waals surface area contributed by atoms with Crippen LogP contribution in [0.15, 0.2) is 0 Å². The quantitative estimate of drug-likeness (QED) is 0.689. The molecule has 1 atom stereocenters. The lowest BCUT2D eigenvalue weighted by atomic mass is 9.98. The monoisotopic (exact) mass is 228 g/mol. The third-order valence-corrected chi connectivity index (χ3v) is 3.37. The SMILES string of the molecule is CC(C(=O)O)C(=O)N1CCN(C)C(C)(C)C1. The number of hydrogen-bond donors (Lipinski definition) is 1. The summed E-state index contributed by atoms with van der Waals surface area (Å²) >= 11 is 0. The summed E-state index contributed by atoms with van der Waals surface area (Å²) in [6.07, 6.45) is 0. The molecule has 0 spiro atoms. The fraction of sp³-hybridized carbons (Fsp3) is 0.818. The van der Waals surface area contributed by atoms with Gasteiger partial charge in [0, 0.05) is 25.2 Å². The highest BCUT2D eigenvalue weighted by Gasteiger charge is 2.36. The molecule has 1 N–H and O–H groups in total. The number of nitrogens with zero attached hydrogens (tertiary/aromatic N) is 2. The standard InChI is InChI=1S/C11H20N2O3/c1-8(10(15)16)9(14)13-6-5-12(4)11(2,3)7-13/h8H,5-7H2,1-4H3,(H,15,16). The maximum Gasteiger partial charge on any atom is 0.315 e. The minimum atomic E-state index is -1.05. The van der Waals surface area contributed by atoms with Crippen LogP contribution < -0.4 is 0 Å². The highest BCUT2D eigenvalue weighted by Crippen LogP contribution is 2.20. The lowest BCUT2D eigenvalue weighted by Gasteiger charge is -2.45. The van der Waals surface area contributed by atoms with Crippen LogP contribution in [-0.4, -0.2) is 59.0 Å². The molecular formula is C11H20N2O3. The van der Waals surface area contributed by atoms with Gasteiger partial charge in [0.15, 0.2) is 0 Å². The minimum absolute atomic E-state index is 0.0911. The third-order valence-electron chi connectivity index (χ3n) is 3.37. The average molecular weight is 228 g/mol. The fourth-order valence-corrected chi connectivity index (χ4v) is 1.81. The van der Waals surface area contributed by atoms with Crippen molar-refractivity contribution in [2.24, 2.45) is 5.92 Å². The molecule has 1 amide bonds. The van der Waals surface area contributed by atoms with Crippen molar-refractivity contribution in [2.45, 2.75) is 26.3 Å². The zero-order valence-corrected chi connectivity index (χ0v) is 10.4. The Morgan fingerprint density at radius 2 is 1.88 bits per heavy atom. The van der Waals surface area contributed by atoms with E-state index in [1.165, 1.54) is 6.92 Å². The smallest absolute Gasteiger partial charge is 0.315 e. The molecule has 16 heavy (non-hydrogen) atoms. The van der Waals surface area contributed by atoms with Gasteiger partial charge in [-0.2, -0.15) is 0 Å². The Morgan fingerprint density at radius 3 is 2.31 bits per heavy atom. The third kappa shape index (κ3) is 2.52. The van der Waals surface area contributed by atoms with Crippen LogP contribution >= 0.6 is 0 Å². The van der Waals surface area contributed by atoms with Gasteiger partial charge in [-0.25, -0.2) is 0 Å². The van der Waals surface area contributed by atoms with Crippen molar-refractivity contribution >= 4 is 11.9 Å². The molecule has 1 unspecified atom stereocenters. The molecule has 1 saturated heterocycles. The zero-order valence-electron chi connectivity index (χ0n) is 10.4. The minimum Gasteiger partial charge on any atom is -0.481 e. The van der Waals surface area contributed by atoms with Crippen molar-refractivity contribution in [3.63, 3.8) is 0 Å². The summed E-state index contributed by atoms with van der Waals surface area (Å²) in [6, 6.07) is 0. The molecule has 1 fully saturated rings. The average Bonchev–Trinajstić information content (AvgIpc) is 2.19. The molecule has 0 aromatic carbocycles. The van der Waals surface area contributed by atoms with Crippen LogP contribution in [0.2, 0.25) is 0 Å². The van der Waals surface area contributed by atoms with E-state index < -0.39 is 11.9 Å². The van der Waals surface area contributed by atoms with Crippen molar-refractivity contribution in [1.82, 2.24) is 9.80 Å². The number of likely N-dealkylation sites (N-methyl/N-ethyl adjacent to an activating group) is 1. The van der Waals surface area contributed by atoms with Crippen molar-refractivity contribution in [1.29, 1.82) is 0 Å². The summed E-state index contributed by atoms with van der Waals surface area (Å²) in [6.45, 7) is 7.52. The van der Waals surface area contributed by atoms with E-state index in [-0.39, 0.29) is 11.4 Å². The largest absolute Gasteiger partial charge is 0.481 e. The normalized spacial score (nSPS) is 22.9. The molecule has 1 aliphatic rings. The van der Waals surface area contributed by atoms with Crippen molar-refractivity contribution < 1.29 is 14.7 Å². The number of carbonyl (C=O) groups excluding carboxylic acids is 1. The lowest BCUT2D eigenvalue weighted by Crippen LogP contribution is -2.59. The van der Waals surface area contributed by atoms with Crippen LogP contribution in [0, 0.1) is 5.92 Å². The molecule has 1 heterocycles. The van der Waals surface area contributed by atoms with Crippen molar-refractivity contribution in [3.05, 3.63) is 0 Å². The molecule has 92 valence electrons. The summed E-state index contributed by atoms with van der Waals surface area (Å²) in [7, 11) is 2.02. The van der Waals surface area contributed by atoms with Gasteiger partial charge in [-0.1, -0.05) is 0 Å². The predicted octanol–water partition coefficient (Wildman–Crippen LogP) is 0.260.